The maximum Gasteiger partial charge on any atom is 0.0798 e. The Morgan fingerprint density at radius 3 is 0.659 bits per heavy atom. The molecule has 0 fully saturated rings. The SMILES string of the molecule is NCCCC[N+](CCCN)(CCCCN)CCCCN.[Cl-].[O-][Cl+3]([O-])([O-])O.[O-][Cl+3]([O-])([O-])O.[O-][Cl+3]([O-])([O-])O.[O-][Cl+3]([O-])([O-])O. The van der Waals surface area contributed by atoms with Crippen LogP contribution < -0.4 is 91.2 Å². The van der Waals surface area contributed by atoms with Crippen LogP contribution in [0.5, 0.6) is 0 Å². The first-order valence-corrected chi connectivity index (χ1v) is 16.0. The number of halogens is 5. The summed E-state index contributed by atoms with van der Waals surface area (Å²) in [5.41, 5.74) is 22.7. The fourth-order valence-electron chi connectivity index (χ4n) is 2.87. The summed E-state index contributed by atoms with van der Waals surface area (Å²) < 4.78 is 132. The topological polar surface area (TPSA) is 462 Å². The number of rotatable bonds is 15. The van der Waals surface area contributed by atoms with Crippen LogP contribution in [-0.4, -0.2) is 75.5 Å². The van der Waals surface area contributed by atoms with Gasteiger partial charge in [0.1, 0.15) is 0 Å². The van der Waals surface area contributed by atoms with Crippen molar-refractivity contribution >= 4 is 0 Å². The predicted molar refractivity (Wildman–Crippen MR) is 97.1 cm³/mol. The fraction of sp³-hybridized carbons (Fsp3) is 1.00. The van der Waals surface area contributed by atoms with E-state index in [0.717, 1.165) is 51.9 Å². The molecule has 0 heterocycles. The van der Waals surface area contributed by atoms with Crippen molar-refractivity contribution in [3.8, 4) is 0 Å². The van der Waals surface area contributed by atoms with E-state index in [4.69, 9.17) is 97.5 Å². The van der Waals surface area contributed by atoms with E-state index in [1.165, 1.54) is 49.9 Å². The van der Waals surface area contributed by atoms with Crippen molar-refractivity contribution in [2.75, 3.05) is 52.4 Å². The lowest BCUT2D eigenvalue weighted by atomic mass is 10.1. The molecule has 0 saturated heterocycles. The number of quaternary nitrogens is 1. The number of nitrogens with zero attached hydrogens (tertiary/aromatic N) is 1. The molecule has 0 aliphatic carbocycles. The van der Waals surface area contributed by atoms with Crippen LogP contribution in [0.2, 0.25) is 0 Å². The summed E-state index contributed by atoms with van der Waals surface area (Å²) in [4.78, 5) is 0. The molecule has 0 rings (SSSR count). The van der Waals surface area contributed by atoms with Gasteiger partial charge in [-0.1, -0.05) is 0 Å². The summed E-state index contributed by atoms with van der Waals surface area (Å²) in [6.07, 6.45) is 8.11. The lowest BCUT2D eigenvalue weighted by Gasteiger charge is -2.39. The molecule has 0 aromatic carbocycles. The van der Waals surface area contributed by atoms with Crippen LogP contribution in [0.15, 0.2) is 0 Å². The summed E-state index contributed by atoms with van der Waals surface area (Å²) in [5.74, 6) is 0. The van der Waals surface area contributed by atoms with Crippen LogP contribution in [0.1, 0.15) is 44.9 Å². The van der Waals surface area contributed by atoms with E-state index < -0.39 is 41.0 Å². The Hall–Kier alpha value is 0.610. The maximum absolute atomic E-state index is 8.60. The smallest absolute Gasteiger partial charge is 0.0798 e. The van der Waals surface area contributed by atoms with E-state index >= 15 is 0 Å². The molecule has 0 bridgehead atoms. The van der Waals surface area contributed by atoms with Crippen LogP contribution in [-0.2, 0) is 0 Å². The molecule has 0 amide bonds. The number of unbranched alkanes of at least 4 members (excludes halogenated alkanes) is 3. The van der Waals surface area contributed by atoms with Crippen LogP contribution >= 0.6 is 0 Å². The lowest BCUT2D eigenvalue weighted by Crippen LogP contribution is -3.00. The van der Waals surface area contributed by atoms with Gasteiger partial charge in [0.2, 0.25) is 0 Å². The molecule has 0 aromatic heterocycles. The minimum Gasteiger partial charge on any atom is -1.00 e. The summed E-state index contributed by atoms with van der Waals surface area (Å²) in [6.45, 7) is 8.04. The van der Waals surface area contributed by atoms with Gasteiger partial charge in [-0.05, 0) is 64.7 Å². The molecule has 0 spiro atoms. The average Bonchev–Trinajstić information content (AvgIpc) is 2.68. The van der Waals surface area contributed by atoms with Crippen molar-refractivity contribution in [3.63, 3.8) is 0 Å². The highest BCUT2D eigenvalue weighted by Crippen LogP contribution is 2.15. The third kappa shape index (κ3) is 109. The molecule has 0 aliphatic heterocycles. The second-order valence-corrected chi connectivity index (χ2v) is 10.6. The minimum atomic E-state index is -4.69. The van der Waals surface area contributed by atoms with E-state index in [1.807, 2.05) is 0 Å². The Labute approximate surface area is 252 Å². The van der Waals surface area contributed by atoms with Gasteiger partial charge in [-0.3, -0.25) is 0 Å². The summed E-state index contributed by atoms with van der Waals surface area (Å²) in [6, 6.07) is 0. The van der Waals surface area contributed by atoms with Crippen molar-refractivity contribution in [1.29, 1.82) is 0 Å². The molecule has 26 heteroatoms. The Bertz CT molecular complexity index is 430. The van der Waals surface area contributed by atoms with Gasteiger partial charge in [0.05, 0.1) is 85.8 Å². The van der Waals surface area contributed by atoms with E-state index in [2.05, 4.69) is 0 Å². The molecule has 0 aliphatic rings. The van der Waals surface area contributed by atoms with Crippen molar-refractivity contribution in [2.24, 2.45) is 22.9 Å². The third-order valence-electron chi connectivity index (χ3n) is 4.10. The lowest BCUT2D eigenvalue weighted by molar-refractivity contribution is -1.92. The second-order valence-electron chi connectivity index (χ2n) is 7.45. The highest BCUT2D eigenvalue weighted by Gasteiger charge is 2.25. The summed E-state index contributed by atoms with van der Waals surface area (Å²) >= 11 is 0. The van der Waals surface area contributed by atoms with E-state index in [9.17, 15) is 0 Å². The molecular weight excluding hydrogens is 683 g/mol. The van der Waals surface area contributed by atoms with Crippen LogP contribution in [0.4, 0.5) is 0 Å². The van der Waals surface area contributed by atoms with E-state index in [1.54, 1.807) is 0 Å². The van der Waals surface area contributed by atoms with Crippen LogP contribution in [0.25, 0.3) is 0 Å². The van der Waals surface area contributed by atoms with Gasteiger partial charge in [0.25, 0.3) is 0 Å². The molecule has 12 N–H and O–H groups in total. The van der Waals surface area contributed by atoms with Crippen molar-refractivity contribution in [3.05, 3.63) is 0 Å². The molecular formula is C15H42Cl5N5O16. The number of hydrogen-bond donors (Lipinski definition) is 8. The van der Waals surface area contributed by atoms with Crippen molar-refractivity contribution in [1.82, 2.24) is 0 Å². The molecule has 0 aromatic rings. The van der Waals surface area contributed by atoms with Gasteiger partial charge >= 0.3 is 0 Å². The Morgan fingerprint density at radius 1 is 0.366 bits per heavy atom. The zero-order valence-electron chi connectivity index (χ0n) is 21.9. The van der Waals surface area contributed by atoms with Crippen molar-refractivity contribution < 1.29 is 132 Å². The monoisotopic (exact) mass is 723 g/mol. The fourth-order valence-corrected chi connectivity index (χ4v) is 2.87. The standard InChI is InChI=1S/C15H38N5.4ClHO4.ClH/c16-8-1-4-12-20(15-7-11-19,13-5-2-9-17)14-6-3-10-18;4*2-1(3,4)5;/h1-19H2;4*(H,2,3,4,5);1H/q+1;;;;;/p-1. The highest BCUT2D eigenvalue weighted by molar-refractivity contribution is 4.53. The Balaban J connectivity index is -0.000000118. The molecule has 21 nitrogen and oxygen atoms in total. The number of hydrogen-bond acceptors (Lipinski definition) is 20. The first-order chi connectivity index (χ1) is 17.7. The van der Waals surface area contributed by atoms with Gasteiger partial charge in [-0.15, -0.1) is 0 Å². The maximum atomic E-state index is 8.60. The van der Waals surface area contributed by atoms with E-state index in [-0.39, 0.29) is 12.4 Å². The largest absolute Gasteiger partial charge is 1.00 e. The van der Waals surface area contributed by atoms with Crippen LogP contribution in [0.3, 0.4) is 0 Å². The molecule has 0 atom stereocenters. The highest BCUT2D eigenvalue weighted by atomic mass is 35.7. The molecule has 0 unspecified atom stereocenters. The van der Waals surface area contributed by atoms with Crippen LogP contribution in [0, 0.1) is 41.0 Å². The molecule has 0 radical (unpaired) electrons. The van der Waals surface area contributed by atoms with Gasteiger partial charge in [0, 0.05) is 6.42 Å². The minimum absolute atomic E-state index is 0. The summed E-state index contributed by atoms with van der Waals surface area (Å²) in [5, 5.41) is 0. The van der Waals surface area contributed by atoms with Crippen molar-refractivity contribution in [2.45, 2.75) is 44.9 Å². The molecule has 0 saturated carbocycles. The summed E-state index contributed by atoms with van der Waals surface area (Å²) in [7, 11) is -18.8. The van der Waals surface area contributed by atoms with Gasteiger partial charge in [0.15, 0.2) is 0 Å². The van der Waals surface area contributed by atoms with Gasteiger partial charge < -0.3 is 39.8 Å². The molecule has 258 valence electrons. The normalized spacial score (nSPS) is 11.7. The first-order valence-electron chi connectivity index (χ1n) is 10.9. The second kappa shape index (κ2) is 30.6. The zero-order valence-corrected chi connectivity index (χ0v) is 25.7. The average molecular weight is 726 g/mol. The quantitative estimate of drug-likeness (QED) is 0.0573. The Kier molecular flexibility index (Phi) is 40.4. The zero-order chi connectivity index (χ0) is 33.1. The predicted octanol–water partition coefficient (Wildman–Crippen LogP) is -19.1. The Morgan fingerprint density at radius 2 is 0.512 bits per heavy atom. The van der Waals surface area contributed by atoms with Gasteiger partial charge in [-0.2, -0.15) is 55.9 Å². The van der Waals surface area contributed by atoms with Gasteiger partial charge in [-0.25, -0.2) is 0 Å². The number of nitrogens with two attached hydrogens (primary N) is 4. The van der Waals surface area contributed by atoms with E-state index in [0.29, 0.717) is 0 Å². The third-order valence-corrected chi connectivity index (χ3v) is 4.10. The first kappa shape index (κ1) is 54.1. The molecule has 41 heavy (non-hydrogen) atoms.